The summed E-state index contributed by atoms with van der Waals surface area (Å²) in [6.45, 7) is 1.01. The fourth-order valence-corrected chi connectivity index (χ4v) is 3.69. The molecule has 1 saturated heterocycles. The molecule has 0 unspecified atom stereocenters. The Morgan fingerprint density at radius 3 is 2.64 bits per heavy atom. The Hall–Kier alpha value is -2.97. The van der Waals surface area contributed by atoms with Gasteiger partial charge >= 0.3 is 0 Å². The molecule has 1 aliphatic heterocycles. The van der Waals surface area contributed by atoms with E-state index in [4.69, 9.17) is 17.0 Å². The highest BCUT2D eigenvalue weighted by Gasteiger charge is 2.21. The maximum Gasteiger partial charge on any atom is 0.263 e. The molecule has 0 atom stereocenters. The van der Waals surface area contributed by atoms with Gasteiger partial charge < -0.3 is 10.1 Å². The highest BCUT2D eigenvalue weighted by atomic mass is 32.2. The molecule has 1 amide bonds. The molecule has 0 bridgehead atoms. The highest BCUT2D eigenvalue weighted by Crippen LogP contribution is 2.26. The fourth-order valence-electron chi connectivity index (χ4n) is 2.64. The Morgan fingerprint density at radius 2 is 1.93 bits per heavy atom. The zero-order valence-corrected chi connectivity index (χ0v) is 16.4. The first kappa shape index (κ1) is 18.4. The van der Waals surface area contributed by atoms with E-state index in [0.717, 1.165) is 17.0 Å². The molecule has 8 heteroatoms. The predicted octanol–water partition coefficient (Wildman–Crippen LogP) is 3.39. The summed E-state index contributed by atoms with van der Waals surface area (Å²) in [6, 6.07) is 17.6. The second-order valence-corrected chi connectivity index (χ2v) is 7.82. The molecule has 1 N–H and O–H groups in total. The lowest BCUT2D eigenvalue weighted by atomic mass is 10.2. The number of ether oxygens (including phenoxy) is 1. The molecule has 2 aromatic carbocycles. The summed E-state index contributed by atoms with van der Waals surface area (Å²) in [6.07, 6.45) is 3.68. The van der Waals surface area contributed by atoms with Crippen molar-refractivity contribution in [3.8, 4) is 5.75 Å². The van der Waals surface area contributed by atoms with Gasteiger partial charge in [0.15, 0.2) is 0 Å². The van der Waals surface area contributed by atoms with Crippen molar-refractivity contribution >= 4 is 40.3 Å². The molecule has 4 rings (SSSR count). The van der Waals surface area contributed by atoms with Crippen LogP contribution in [0.3, 0.4) is 0 Å². The van der Waals surface area contributed by atoms with Crippen LogP contribution in [0.25, 0.3) is 6.08 Å². The molecule has 2 heterocycles. The van der Waals surface area contributed by atoms with E-state index in [2.05, 4.69) is 27.8 Å². The second kappa shape index (κ2) is 8.37. The van der Waals surface area contributed by atoms with Crippen molar-refractivity contribution in [3.05, 3.63) is 82.5 Å². The molecular weight excluding hydrogens is 392 g/mol. The summed E-state index contributed by atoms with van der Waals surface area (Å²) in [5, 5.41) is 10.9. The summed E-state index contributed by atoms with van der Waals surface area (Å²) in [5.41, 5.74) is 2.83. The summed E-state index contributed by atoms with van der Waals surface area (Å²) in [4.78, 5) is 12.3. The Morgan fingerprint density at radius 1 is 1.14 bits per heavy atom. The van der Waals surface area contributed by atoms with Crippen LogP contribution in [-0.4, -0.2) is 25.2 Å². The maximum absolute atomic E-state index is 11.7. The predicted molar refractivity (Wildman–Crippen MR) is 113 cm³/mol. The quantitative estimate of drug-likeness (QED) is 0.498. The third-order valence-corrected chi connectivity index (χ3v) is 5.14. The molecule has 0 radical (unpaired) electrons. The van der Waals surface area contributed by atoms with Gasteiger partial charge in [0.2, 0.25) is 0 Å². The van der Waals surface area contributed by atoms with E-state index in [1.165, 1.54) is 17.3 Å². The largest absolute Gasteiger partial charge is 0.487 e. The Kier molecular flexibility index (Phi) is 5.50. The lowest BCUT2D eigenvalue weighted by Crippen LogP contribution is -2.17. The number of carbonyl (C=O) groups excluding carboxylic acids is 1. The van der Waals surface area contributed by atoms with Gasteiger partial charge in [-0.1, -0.05) is 71.7 Å². The minimum atomic E-state index is -0.158. The van der Waals surface area contributed by atoms with E-state index in [9.17, 15) is 4.79 Å². The topological polar surface area (TPSA) is 69.0 Å². The van der Waals surface area contributed by atoms with Crippen molar-refractivity contribution in [3.63, 3.8) is 0 Å². The Balaban J connectivity index is 1.34. The first-order valence-corrected chi connectivity index (χ1v) is 9.79. The molecule has 0 spiro atoms. The van der Waals surface area contributed by atoms with E-state index < -0.39 is 0 Å². The summed E-state index contributed by atoms with van der Waals surface area (Å²) in [7, 11) is 0. The van der Waals surface area contributed by atoms with Crippen molar-refractivity contribution in [2.75, 3.05) is 0 Å². The molecule has 140 valence electrons. The Bertz CT molecular complexity index is 1030. The molecule has 1 aliphatic rings. The third-order valence-electron chi connectivity index (χ3n) is 3.98. The number of amides is 1. The standard InChI is InChI=1S/C20H16N4O2S2/c25-19-18(28-20(27)21-19)10-14-6-8-17(9-7-14)26-13-16-12-24(23-22-16)11-15-4-2-1-3-5-15/h1-10,12H,11,13H2,(H,21,25,27)/b18-10-. The number of aromatic nitrogens is 3. The molecular formula is C20H16N4O2S2. The van der Waals surface area contributed by atoms with Crippen LogP contribution in [0.15, 0.2) is 65.7 Å². The van der Waals surface area contributed by atoms with Crippen molar-refractivity contribution in [2.24, 2.45) is 0 Å². The van der Waals surface area contributed by atoms with Crippen molar-refractivity contribution in [1.29, 1.82) is 0 Å². The van der Waals surface area contributed by atoms with Crippen LogP contribution in [0.1, 0.15) is 16.8 Å². The van der Waals surface area contributed by atoms with Gasteiger partial charge in [-0.25, -0.2) is 4.68 Å². The zero-order chi connectivity index (χ0) is 19.3. The Labute approximate surface area is 171 Å². The van der Waals surface area contributed by atoms with E-state index in [-0.39, 0.29) is 5.91 Å². The van der Waals surface area contributed by atoms with E-state index >= 15 is 0 Å². The second-order valence-electron chi connectivity index (χ2n) is 6.10. The number of carbonyl (C=O) groups is 1. The first-order valence-electron chi connectivity index (χ1n) is 8.56. The number of thioether (sulfide) groups is 1. The van der Waals surface area contributed by atoms with Crippen molar-refractivity contribution < 1.29 is 9.53 Å². The number of nitrogens with zero attached hydrogens (tertiary/aromatic N) is 3. The van der Waals surface area contributed by atoms with Gasteiger partial charge in [0.05, 0.1) is 17.6 Å². The summed E-state index contributed by atoms with van der Waals surface area (Å²) in [5.74, 6) is 0.563. The van der Waals surface area contributed by atoms with Crippen LogP contribution < -0.4 is 10.1 Å². The van der Waals surface area contributed by atoms with Crippen LogP contribution in [0.4, 0.5) is 0 Å². The smallest absolute Gasteiger partial charge is 0.263 e. The molecule has 28 heavy (non-hydrogen) atoms. The highest BCUT2D eigenvalue weighted by molar-refractivity contribution is 8.26. The minimum Gasteiger partial charge on any atom is -0.487 e. The maximum atomic E-state index is 11.7. The monoisotopic (exact) mass is 408 g/mol. The van der Waals surface area contributed by atoms with Gasteiger partial charge in [-0.05, 0) is 29.3 Å². The van der Waals surface area contributed by atoms with Gasteiger partial charge in [0, 0.05) is 0 Å². The zero-order valence-electron chi connectivity index (χ0n) is 14.7. The van der Waals surface area contributed by atoms with Gasteiger partial charge in [-0.15, -0.1) is 5.10 Å². The van der Waals surface area contributed by atoms with E-state index in [1.807, 2.05) is 48.7 Å². The number of hydrogen-bond donors (Lipinski definition) is 1. The third kappa shape index (κ3) is 4.65. The van der Waals surface area contributed by atoms with Crippen molar-refractivity contribution in [1.82, 2.24) is 20.3 Å². The minimum absolute atomic E-state index is 0.158. The normalized spacial score (nSPS) is 15.1. The molecule has 1 fully saturated rings. The molecule has 0 saturated carbocycles. The first-order chi connectivity index (χ1) is 13.7. The van der Waals surface area contributed by atoms with Crippen LogP contribution in [0.5, 0.6) is 5.75 Å². The summed E-state index contributed by atoms with van der Waals surface area (Å²) < 4.78 is 8.05. The van der Waals surface area contributed by atoms with Crippen molar-refractivity contribution in [2.45, 2.75) is 13.2 Å². The van der Waals surface area contributed by atoms with E-state index in [0.29, 0.717) is 22.4 Å². The van der Waals surface area contributed by atoms with Gasteiger partial charge in [0.1, 0.15) is 22.4 Å². The number of nitrogens with one attached hydrogen (secondary N) is 1. The number of benzene rings is 2. The molecule has 1 aromatic heterocycles. The summed E-state index contributed by atoms with van der Waals surface area (Å²) >= 11 is 6.25. The van der Waals surface area contributed by atoms with Crippen LogP contribution in [-0.2, 0) is 17.9 Å². The molecule has 6 nitrogen and oxygen atoms in total. The van der Waals surface area contributed by atoms with Crippen LogP contribution in [0, 0.1) is 0 Å². The average molecular weight is 409 g/mol. The molecule has 0 aliphatic carbocycles. The number of thiocarbonyl (C=S) groups is 1. The van der Waals surface area contributed by atoms with Gasteiger partial charge in [-0.2, -0.15) is 0 Å². The van der Waals surface area contributed by atoms with Gasteiger partial charge in [0.25, 0.3) is 5.91 Å². The van der Waals surface area contributed by atoms with Crippen LogP contribution in [0.2, 0.25) is 0 Å². The van der Waals surface area contributed by atoms with Crippen LogP contribution >= 0.6 is 24.0 Å². The number of hydrogen-bond acceptors (Lipinski definition) is 6. The van der Waals surface area contributed by atoms with Gasteiger partial charge in [-0.3, -0.25) is 4.79 Å². The lowest BCUT2D eigenvalue weighted by molar-refractivity contribution is -0.115. The molecule has 3 aromatic rings. The SMILES string of the molecule is O=C1NC(=S)S/C1=C\c1ccc(OCc2cn(Cc3ccccc3)nn2)cc1. The average Bonchev–Trinajstić information content (AvgIpc) is 3.27. The number of rotatable bonds is 6. The van der Waals surface area contributed by atoms with E-state index in [1.54, 1.807) is 10.8 Å². The lowest BCUT2D eigenvalue weighted by Gasteiger charge is -2.04. The fraction of sp³-hybridized carbons (Fsp3) is 0.100.